The number of carbonyl (C=O) groups excluding carboxylic acids is 1. The molecule has 5 nitrogen and oxygen atoms in total. The van der Waals surface area contributed by atoms with Gasteiger partial charge in [0, 0.05) is 12.6 Å². The Hall–Kier alpha value is -3.10. The maximum absolute atomic E-state index is 13.8. The Morgan fingerprint density at radius 2 is 1.93 bits per heavy atom. The van der Waals surface area contributed by atoms with Crippen LogP contribution in [0.15, 0.2) is 30.3 Å². The molecule has 0 aliphatic rings. The molecule has 0 amide bonds. The minimum atomic E-state index is -4.60. The van der Waals surface area contributed by atoms with Gasteiger partial charge in [0.1, 0.15) is 11.5 Å². The van der Waals surface area contributed by atoms with Crippen LogP contribution in [0.25, 0.3) is 22.2 Å². The second-order valence-electron chi connectivity index (χ2n) is 6.58. The van der Waals surface area contributed by atoms with Crippen LogP contribution in [-0.2, 0) is 18.2 Å². The number of benzene rings is 1. The lowest BCUT2D eigenvalue weighted by molar-refractivity contribution is -0.153. The van der Waals surface area contributed by atoms with E-state index in [9.17, 15) is 22.4 Å². The van der Waals surface area contributed by atoms with Crippen molar-refractivity contribution < 1.29 is 31.8 Å². The molecule has 2 heterocycles. The van der Waals surface area contributed by atoms with Crippen LogP contribution in [0.5, 0.6) is 5.75 Å². The van der Waals surface area contributed by atoms with E-state index in [0.717, 1.165) is 0 Å². The molecular weight excluding hydrogens is 404 g/mol. The predicted molar refractivity (Wildman–Crippen MR) is 103 cm³/mol. The van der Waals surface area contributed by atoms with Crippen molar-refractivity contribution in [3.8, 4) is 16.9 Å². The molecule has 0 unspecified atom stereocenters. The third-order valence-electron chi connectivity index (χ3n) is 4.51. The highest BCUT2D eigenvalue weighted by Gasteiger charge is 2.32. The smallest absolute Gasteiger partial charge is 0.422 e. The molecule has 0 aliphatic heterocycles. The zero-order chi connectivity index (χ0) is 22.1. The van der Waals surface area contributed by atoms with Crippen LogP contribution in [0.2, 0.25) is 0 Å². The van der Waals surface area contributed by atoms with Gasteiger partial charge in [0.25, 0.3) is 0 Å². The van der Waals surface area contributed by atoms with E-state index in [1.54, 1.807) is 19.1 Å². The number of pyridine rings is 1. The normalized spacial score (nSPS) is 11.7. The average Bonchev–Trinajstić information content (AvgIpc) is 2.96. The van der Waals surface area contributed by atoms with E-state index in [0.29, 0.717) is 23.2 Å². The summed E-state index contributed by atoms with van der Waals surface area (Å²) in [6.45, 7) is 1.91. The molecule has 0 saturated carbocycles. The molecule has 0 bridgehead atoms. The monoisotopic (exact) mass is 424 g/mol. The fourth-order valence-electron chi connectivity index (χ4n) is 3.25. The Bertz CT molecular complexity index is 1090. The Morgan fingerprint density at radius 1 is 1.20 bits per heavy atom. The van der Waals surface area contributed by atoms with Gasteiger partial charge >= 0.3 is 12.1 Å². The summed E-state index contributed by atoms with van der Waals surface area (Å²) in [5.74, 6) is -1.54. The fourth-order valence-corrected chi connectivity index (χ4v) is 3.25. The third kappa shape index (κ3) is 4.24. The number of nitrogens with zero attached hydrogens (tertiary/aromatic N) is 2. The van der Waals surface area contributed by atoms with Crippen LogP contribution in [0.1, 0.15) is 30.0 Å². The number of aromatic nitrogens is 2. The van der Waals surface area contributed by atoms with Crippen LogP contribution in [-0.4, -0.2) is 34.9 Å². The molecule has 9 heteroatoms. The quantitative estimate of drug-likeness (QED) is 0.410. The standard InChI is InChI=1S/C21H20F4N2O3/c1-4-16-14(12-7-6-8-13(22)9-12)10-15-18(30-11-21(23,24)25)17(20(28)29-5-2)27(3)19(15)26-16/h6-10H,4-5,11H2,1-3H3. The average molecular weight is 424 g/mol. The molecule has 0 atom stereocenters. The summed E-state index contributed by atoms with van der Waals surface area (Å²) in [7, 11) is 1.50. The Labute approximate surface area is 170 Å². The van der Waals surface area contributed by atoms with E-state index < -0.39 is 24.6 Å². The molecule has 3 rings (SSSR count). The van der Waals surface area contributed by atoms with Crippen molar-refractivity contribution in [3.63, 3.8) is 0 Å². The summed E-state index contributed by atoms with van der Waals surface area (Å²) >= 11 is 0. The van der Waals surface area contributed by atoms with E-state index in [1.807, 2.05) is 6.92 Å². The van der Waals surface area contributed by atoms with Gasteiger partial charge in [-0.05, 0) is 37.1 Å². The zero-order valence-corrected chi connectivity index (χ0v) is 16.6. The van der Waals surface area contributed by atoms with Gasteiger partial charge in [0.2, 0.25) is 0 Å². The van der Waals surface area contributed by atoms with E-state index in [-0.39, 0.29) is 29.1 Å². The number of esters is 1. The van der Waals surface area contributed by atoms with Gasteiger partial charge in [-0.25, -0.2) is 14.2 Å². The molecule has 0 N–H and O–H groups in total. The van der Waals surface area contributed by atoms with Gasteiger partial charge in [-0.15, -0.1) is 0 Å². The summed E-state index contributed by atoms with van der Waals surface area (Å²) in [4.78, 5) is 17.0. The van der Waals surface area contributed by atoms with Gasteiger partial charge in [0.05, 0.1) is 17.7 Å². The van der Waals surface area contributed by atoms with Gasteiger partial charge in [-0.2, -0.15) is 13.2 Å². The van der Waals surface area contributed by atoms with Crippen LogP contribution in [0, 0.1) is 5.82 Å². The van der Waals surface area contributed by atoms with Crippen molar-refractivity contribution in [2.75, 3.05) is 13.2 Å². The fraction of sp³-hybridized carbons (Fsp3) is 0.333. The zero-order valence-electron chi connectivity index (χ0n) is 16.6. The molecule has 0 radical (unpaired) electrons. The maximum Gasteiger partial charge on any atom is 0.422 e. The molecule has 30 heavy (non-hydrogen) atoms. The molecule has 0 spiro atoms. The topological polar surface area (TPSA) is 53.4 Å². The maximum atomic E-state index is 13.8. The van der Waals surface area contributed by atoms with Crippen molar-refractivity contribution in [3.05, 3.63) is 47.5 Å². The molecule has 0 saturated heterocycles. The highest BCUT2D eigenvalue weighted by Crippen LogP contribution is 2.37. The first-order valence-electron chi connectivity index (χ1n) is 9.31. The summed E-state index contributed by atoms with van der Waals surface area (Å²) < 4.78 is 63.6. The minimum absolute atomic E-state index is 0.0429. The van der Waals surface area contributed by atoms with E-state index in [4.69, 9.17) is 9.47 Å². The van der Waals surface area contributed by atoms with Crippen molar-refractivity contribution in [1.29, 1.82) is 0 Å². The number of fused-ring (bicyclic) bond motifs is 1. The van der Waals surface area contributed by atoms with E-state index in [1.165, 1.54) is 29.8 Å². The van der Waals surface area contributed by atoms with Crippen molar-refractivity contribution in [2.45, 2.75) is 26.4 Å². The Balaban J connectivity index is 2.28. The Morgan fingerprint density at radius 3 is 2.53 bits per heavy atom. The second-order valence-corrected chi connectivity index (χ2v) is 6.58. The molecule has 0 aliphatic carbocycles. The Kier molecular flexibility index (Phi) is 6.00. The lowest BCUT2D eigenvalue weighted by Crippen LogP contribution is -2.20. The minimum Gasteiger partial charge on any atom is -0.481 e. The predicted octanol–water partition coefficient (Wildman–Crippen LogP) is 5.06. The number of ether oxygens (including phenoxy) is 2. The number of carbonyl (C=O) groups is 1. The van der Waals surface area contributed by atoms with Gasteiger partial charge in [-0.3, -0.25) is 0 Å². The first-order valence-corrected chi connectivity index (χ1v) is 9.31. The highest BCUT2D eigenvalue weighted by molar-refractivity contribution is 6.02. The van der Waals surface area contributed by atoms with Crippen molar-refractivity contribution in [1.82, 2.24) is 9.55 Å². The first-order chi connectivity index (χ1) is 14.2. The van der Waals surface area contributed by atoms with Crippen LogP contribution >= 0.6 is 0 Å². The number of hydrogen-bond acceptors (Lipinski definition) is 4. The number of rotatable bonds is 6. The molecule has 2 aromatic heterocycles. The number of alkyl halides is 3. The lowest BCUT2D eigenvalue weighted by atomic mass is 10.0. The lowest BCUT2D eigenvalue weighted by Gasteiger charge is -2.11. The number of aryl methyl sites for hydroxylation is 2. The van der Waals surface area contributed by atoms with Crippen molar-refractivity contribution >= 4 is 17.0 Å². The van der Waals surface area contributed by atoms with Gasteiger partial charge in [0.15, 0.2) is 18.1 Å². The number of halogens is 4. The molecule has 3 aromatic rings. The highest BCUT2D eigenvalue weighted by atomic mass is 19.4. The SMILES string of the molecule is CCOC(=O)c1c(OCC(F)(F)F)c2cc(-c3cccc(F)c3)c(CC)nc2n1C. The van der Waals surface area contributed by atoms with E-state index >= 15 is 0 Å². The van der Waals surface area contributed by atoms with Gasteiger partial charge < -0.3 is 14.0 Å². The number of hydrogen-bond donors (Lipinski definition) is 0. The van der Waals surface area contributed by atoms with Crippen LogP contribution in [0.3, 0.4) is 0 Å². The summed E-state index contributed by atoms with van der Waals surface area (Å²) in [5, 5.41) is 0.210. The van der Waals surface area contributed by atoms with Crippen LogP contribution < -0.4 is 4.74 Å². The summed E-state index contributed by atoms with van der Waals surface area (Å²) in [6, 6.07) is 7.39. The third-order valence-corrected chi connectivity index (χ3v) is 4.51. The molecule has 1 aromatic carbocycles. The molecular formula is C21H20F4N2O3. The van der Waals surface area contributed by atoms with Crippen LogP contribution in [0.4, 0.5) is 17.6 Å². The second kappa shape index (κ2) is 8.33. The summed E-state index contributed by atoms with van der Waals surface area (Å²) in [6.07, 6.45) is -4.11. The van der Waals surface area contributed by atoms with Gasteiger partial charge in [-0.1, -0.05) is 19.1 Å². The van der Waals surface area contributed by atoms with Crippen molar-refractivity contribution in [2.24, 2.45) is 7.05 Å². The summed E-state index contributed by atoms with van der Waals surface area (Å²) in [5.41, 5.74) is 1.77. The molecule has 160 valence electrons. The largest absolute Gasteiger partial charge is 0.481 e. The first kappa shape index (κ1) is 21.6. The van der Waals surface area contributed by atoms with E-state index in [2.05, 4.69) is 4.98 Å². The molecule has 0 fully saturated rings.